The molecule has 0 bridgehead atoms. The van der Waals surface area contributed by atoms with Gasteiger partial charge in [0.15, 0.2) is 0 Å². The molecule has 0 saturated heterocycles. The van der Waals surface area contributed by atoms with Gasteiger partial charge < -0.3 is 10.1 Å². The van der Waals surface area contributed by atoms with E-state index in [4.69, 9.17) is 4.74 Å². The fourth-order valence-corrected chi connectivity index (χ4v) is 2.16. The van der Waals surface area contributed by atoms with E-state index in [0.29, 0.717) is 19.2 Å². The predicted octanol–water partition coefficient (Wildman–Crippen LogP) is 2.93. The third-order valence-electron chi connectivity index (χ3n) is 3.01. The van der Waals surface area contributed by atoms with Crippen molar-refractivity contribution in [3.63, 3.8) is 0 Å². The minimum absolute atomic E-state index is 0.443. The van der Waals surface area contributed by atoms with Gasteiger partial charge in [0.05, 0.1) is 12.2 Å². The molecule has 0 atom stereocenters. The molecule has 0 amide bonds. The Morgan fingerprint density at radius 2 is 2.19 bits per heavy atom. The molecule has 0 aliphatic heterocycles. The zero-order valence-electron chi connectivity index (χ0n) is 12.6. The minimum Gasteiger partial charge on any atom is -0.491 e. The summed E-state index contributed by atoms with van der Waals surface area (Å²) in [5.41, 5.74) is 2.07. The highest BCUT2D eigenvalue weighted by molar-refractivity contribution is 9.10. The van der Waals surface area contributed by atoms with E-state index in [1.165, 1.54) is 0 Å². The van der Waals surface area contributed by atoms with E-state index in [2.05, 4.69) is 45.4 Å². The molecule has 2 aromatic rings. The number of benzene rings is 1. The van der Waals surface area contributed by atoms with Gasteiger partial charge in [-0.15, -0.1) is 5.10 Å². The van der Waals surface area contributed by atoms with E-state index in [0.717, 1.165) is 28.0 Å². The van der Waals surface area contributed by atoms with Gasteiger partial charge in [-0.25, -0.2) is 4.68 Å². The van der Waals surface area contributed by atoms with Gasteiger partial charge in [-0.2, -0.15) is 0 Å². The van der Waals surface area contributed by atoms with Crippen LogP contribution in [0.3, 0.4) is 0 Å². The fourth-order valence-electron chi connectivity index (χ4n) is 1.82. The normalized spacial score (nSPS) is 11.1. The second-order valence-electron chi connectivity index (χ2n) is 5.27. The van der Waals surface area contributed by atoms with Crippen LogP contribution in [0.1, 0.15) is 25.1 Å². The second-order valence-corrected chi connectivity index (χ2v) is 6.18. The SMILES string of the molecule is Cc1ccc(Br)cc1OCCn1cc(CNC(C)C)nn1. The van der Waals surface area contributed by atoms with Crippen LogP contribution in [0.2, 0.25) is 0 Å². The van der Waals surface area contributed by atoms with Crippen LogP contribution in [-0.4, -0.2) is 27.6 Å². The molecule has 0 saturated carbocycles. The van der Waals surface area contributed by atoms with E-state index in [-0.39, 0.29) is 0 Å². The minimum atomic E-state index is 0.443. The lowest BCUT2D eigenvalue weighted by molar-refractivity contribution is 0.288. The Labute approximate surface area is 133 Å². The van der Waals surface area contributed by atoms with Crippen molar-refractivity contribution >= 4 is 15.9 Å². The smallest absolute Gasteiger partial charge is 0.123 e. The van der Waals surface area contributed by atoms with Crippen molar-refractivity contribution in [1.82, 2.24) is 20.3 Å². The number of hydrogen-bond acceptors (Lipinski definition) is 4. The summed E-state index contributed by atoms with van der Waals surface area (Å²) in [5.74, 6) is 0.895. The average molecular weight is 353 g/mol. The zero-order valence-corrected chi connectivity index (χ0v) is 14.2. The highest BCUT2D eigenvalue weighted by Crippen LogP contribution is 2.22. The summed E-state index contributed by atoms with van der Waals surface area (Å²) in [6.07, 6.45) is 1.95. The van der Waals surface area contributed by atoms with Crippen LogP contribution in [0, 0.1) is 6.92 Å². The van der Waals surface area contributed by atoms with Crippen molar-refractivity contribution in [1.29, 1.82) is 0 Å². The van der Waals surface area contributed by atoms with Gasteiger partial charge in [0.25, 0.3) is 0 Å². The average Bonchev–Trinajstić information content (AvgIpc) is 2.88. The monoisotopic (exact) mass is 352 g/mol. The fraction of sp³-hybridized carbons (Fsp3) is 0.467. The maximum absolute atomic E-state index is 5.79. The van der Waals surface area contributed by atoms with Gasteiger partial charge in [0, 0.05) is 23.3 Å². The Bertz CT molecular complexity index is 583. The van der Waals surface area contributed by atoms with E-state index in [9.17, 15) is 0 Å². The molecule has 0 radical (unpaired) electrons. The first kappa shape index (κ1) is 16.0. The summed E-state index contributed by atoms with van der Waals surface area (Å²) in [6, 6.07) is 6.46. The molecule has 1 aromatic heterocycles. The molecule has 1 aromatic carbocycles. The molecular weight excluding hydrogens is 332 g/mol. The number of nitrogens with zero attached hydrogens (tertiary/aromatic N) is 3. The van der Waals surface area contributed by atoms with Crippen LogP contribution in [0.15, 0.2) is 28.9 Å². The van der Waals surface area contributed by atoms with E-state index < -0.39 is 0 Å². The van der Waals surface area contributed by atoms with Gasteiger partial charge in [0.1, 0.15) is 12.4 Å². The number of rotatable bonds is 7. The van der Waals surface area contributed by atoms with Gasteiger partial charge in [0.2, 0.25) is 0 Å². The first-order valence-electron chi connectivity index (χ1n) is 7.06. The summed E-state index contributed by atoms with van der Waals surface area (Å²) < 4.78 is 8.62. The van der Waals surface area contributed by atoms with Crippen molar-refractivity contribution in [2.45, 2.75) is 39.9 Å². The van der Waals surface area contributed by atoms with Crippen LogP contribution >= 0.6 is 15.9 Å². The van der Waals surface area contributed by atoms with Gasteiger partial charge in [-0.05, 0) is 24.6 Å². The number of aryl methyl sites for hydroxylation is 1. The third kappa shape index (κ3) is 5.13. The lowest BCUT2D eigenvalue weighted by Gasteiger charge is -2.09. The Balaban J connectivity index is 1.82. The third-order valence-corrected chi connectivity index (χ3v) is 3.50. The van der Waals surface area contributed by atoms with Crippen LogP contribution in [0.5, 0.6) is 5.75 Å². The summed E-state index contributed by atoms with van der Waals surface area (Å²) in [5, 5.41) is 11.6. The number of ether oxygens (including phenoxy) is 1. The number of hydrogen-bond donors (Lipinski definition) is 1. The molecule has 0 aliphatic rings. The largest absolute Gasteiger partial charge is 0.491 e. The molecule has 21 heavy (non-hydrogen) atoms. The predicted molar refractivity (Wildman–Crippen MR) is 86.4 cm³/mol. The molecule has 0 unspecified atom stereocenters. The van der Waals surface area contributed by atoms with Gasteiger partial charge in [-0.1, -0.05) is 41.1 Å². The summed E-state index contributed by atoms with van der Waals surface area (Å²) in [4.78, 5) is 0. The first-order chi connectivity index (χ1) is 10.0. The molecule has 2 rings (SSSR count). The Morgan fingerprint density at radius 1 is 1.38 bits per heavy atom. The van der Waals surface area contributed by atoms with Gasteiger partial charge >= 0.3 is 0 Å². The molecule has 0 spiro atoms. The topological polar surface area (TPSA) is 52.0 Å². The second kappa shape index (κ2) is 7.56. The quantitative estimate of drug-likeness (QED) is 0.832. The van der Waals surface area contributed by atoms with Crippen molar-refractivity contribution in [3.05, 3.63) is 40.1 Å². The first-order valence-corrected chi connectivity index (χ1v) is 7.85. The van der Waals surface area contributed by atoms with Gasteiger partial charge in [-0.3, -0.25) is 0 Å². The summed E-state index contributed by atoms with van der Waals surface area (Å²) in [7, 11) is 0. The molecular formula is C15H21BrN4O. The molecule has 6 heteroatoms. The highest BCUT2D eigenvalue weighted by atomic mass is 79.9. The molecule has 1 heterocycles. The Kier molecular flexibility index (Phi) is 5.76. The standard InChI is InChI=1S/C15H21BrN4O/c1-11(2)17-9-14-10-20(19-18-14)6-7-21-15-8-13(16)5-4-12(15)3/h4-5,8,10-11,17H,6-7,9H2,1-3H3. The lowest BCUT2D eigenvalue weighted by atomic mass is 10.2. The van der Waals surface area contributed by atoms with Crippen LogP contribution in [-0.2, 0) is 13.1 Å². The van der Waals surface area contributed by atoms with Crippen LogP contribution in [0.4, 0.5) is 0 Å². The zero-order chi connectivity index (χ0) is 15.2. The molecule has 1 N–H and O–H groups in total. The Morgan fingerprint density at radius 3 is 2.95 bits per heavy atom. The van der Waals surface area contributed by atoms with E-state index >= 15 is 0 Å². The Hall–Kier alpha value is -1.40. The van der Waals surface area contributed by atoms with E-state index in [1.54, 1.807) is 0 Å². The van der Waals surface area contributed by atoms with Crippen molar-refractivity contribution in [3.8, 4) is 5.75 Å². The molecule has 0 fully saturated rings. The van der Waals surface area contributed by atoms with Crippen molar-refractivity contribution in [2.24, 2.45) is 0 Å². The number of halogens is 1. The summed E-state index contributed by atoms with van der Waals surface area (Å²) >= 11 is 3.45. The summed E-state index contributed by atoms with van der Waals surface area (Å²) in [6.45, 7) is 8.24. The molecule has 0 aliphatic carbocycles. The van der Waals surface area contributed by atoms with Crippen molar-refractivity contribution in [2.75, 3.05) is 6.61 Å². The number of aromatic nitrogens is 3. The van der Waals surface area contributed by atoms with Crippen LogP contribution < -0.4 is 10.1 Å². The number of nitrogens with one attached hydrogen (secondary N) is 1. The maximum Gasteiger partial charge on any atom is 0.123 e. The molecule has 5 nitrogen and oxygen atoms in total. The lowest BCUT2D eigenvalue weighted by Crippen LogP contribution is -2.21. The van der Waals surface area contributed by atoms with Crippen LogP contribution in [0.25, 0.3) is 0 Å². The maximum atomic E-state index is 5.79. The van der Waals surface area contributed by atoms with Crippen molar-refractivity contribution < 1.29 is 4.74 Å². The highest BCUT2D eigenvalue weighted by Gasteiger charge is 2.03. The molecule has 114 valence electrons. The van der Waals surface area contributed by atoms with E-state index in [1.807, 2.05) is 36.0 Å².